The van der Waals surface area contributed by atoms with Gasteiger partial charge in [-0.1, -0.05) is 54.6 Å². The van der Waals surface area contributed by atoms with E-state index in [0.717, 1.165) is 60.9 Å². The Morgan fingerprint density at radius 3 is 1.61 bits per heavy atom. The lowest BCUT2D eigenvalue weighted by molar-refractivity contribution is 0.663. The normalized spacial score (nSPS) is 11.6. The molecule has 0 radical (unpaired) electrons. The van der Waals surface area contributed by atoms with Gasteiger partial charge in [-0.2, -0.15) is 0 Å². The summed E-state index contributed by atoms with van der Waals surface area (Å²) in [7, 11) is 0. The molecule has 0 atom stereocenters. The van der Waals surface area contributed by atoms with Crippen molar-refractivity contribution in [1.82, 2.24) is 0 Å². The zero-order valence-corrected chi connectivity index (χ0v) is 17.7. The number of hydrogen-bond acceptors (Lipinski definition) is 3. The Kier molecular flexibility index (Phi) is 3.84. The smallest absolute Gasteiger partial charge is 0.137 e. The molecular formula is C30H19NO2. The van der Waals surface area contributed by atoms with Gasteiger partial charge in [0.05, 0.1) is 0 Å². The summed E-state index contributed by atoms with van der Waals surface area (Å²) < 4.78 is 12.5. The molecule has 0 N–H and O–H groups in total. The van der Waals surface area contributed by atoms with Crippen LogP contribution in [0.3, 0.4) is 0 Å². The zero-order chi connectivity index (χ0) is 21.8. The molecule has 0 aliphatic heterocycles. The lowest BCUT2D eigenvalue weighted by Crippen LogP contribution is -2.09. The van der Waals surface area contributed by atoms with Gasteiger partial charge in [0.15, 0.2) is 0 Å². The van der Waals surface area contributed by atoms with E-state index >= 15 is 0 Å². The molecular weight excluding hydrogens is 406 g/mol. The van der Waals surface area contributed by atoms with Gasteiger partial charge in [0.25, 0.3) is 0 Å². The minimum atomic E-state index is 0.858. The first-order valence-electron chi connectivity index (χ1n) is 11.0. The second-order valence-corrected chi connectivity index (χ2v) is 8.20. The predicted molar refractivity (Wildman–Crippen MR) is 136 cm³/mol. The maximum absolute atomic E-state index is 6.37. The highest BCUT2D eigenvalue weighted by Crippen LogP contribution is 2.42. The van der Waals surface area contributed by atoms with Gasteiger partial charge in [-0.05, 0) is 54.6 Å². The Morgan fingerprint density at radius 2 is 0.939 bits per heavy atom. The molecule has 33 heavy (non-hydrogen) atoms. The molecule has 0 bridgehead atoms. The van der Waals surface area contributed by atoms with Crippen LogP contribution in [0.4, 0.5) is 17.1 Å². The van der Waals surface area contributed by atoms with Crippen LogP contribution >= 0.6 is 0 Å². The third-order valence-corrected chi connectivity index (χ3v) is 6.25. The Morgan fingerprint density at radius 1 is 0.394 bits per heavy atom. The first-order valence-corrected chi connectivity index (χ1v) is 11.0. The van der Waals surface area contributed by atoms with Crippen molar-refractivity contribution < 1.29 is 8.83 Å². The van der Waals surface area contributed by atoms with Crippen molar-refractivity contribution >= 4 is 60.9 Å². The van der Waals surface area contributed by atoms with Crippen LogP contribution in [0, 0.1) is 0 Å². The van der Waals surface area contributed by atoms with Crippen molar-refractivity contribution in [2.45, 2.75) is 0 Å². The number of anilines is 3. The Bertz CT molecular complexity index is 1720. The highest BCUT2D eigenvalue weighted by molar-refractivity contribution is 6.25. The van der Waals surface area contributed by atoms with Crippen LogP contribution in [0.25, 0.3) is 43.9 Å². The van der Waals surface area contributed by atoms with Crippen LogP contribution in [0.2, 0.25) is 0 Å². The van der Waals surface area contributed by atoms with Crippen molar-refractivity contribution in [3.8, 4) is 0 Å². The van der Waals surface area contributed by atoms with E-state index in [-0.39, 0.29) is 0 Å². The van der Waals surface area contributed by atoms with Crippen LogP contribution in [-0.2, 0) is 0 Å². The van der Waals surface area contributed by atoms with E-state index < -0.39 is 0 Å². The fourth-order valence-corrected chi connectivity index (χ4v) is 4.81. The van der Waals surface area contributed by atoms with E-state index in [9.17, 15) is 0 Å². The summed E-state index contributed by atoms with van der Waals surface area (Å²) in [5.41, 5.74) is 6.75. The van der Waals surface area contributed by atoms with Gasteiger partial charge >= 0.3 is 0 Å². The zero-order valence-electron chi connectivity index (χ0n) is 17.7. The highest BCUT2D eigenvalue weighted by Gasteiger charge is 2.18. The second kappa shape index (κ2) is 7.01. The lowest BCUT2D eigenvalue weighted by atomic mass is 10.0. The minimum absolute atomic E-state index is 0.858. The topological polar surface area (TPSA) is 29.5 Å². The summed E-state index contributed by atoms with van der Waals surface area (Å²) in [5, 5.41) is 4.41. The van der Waals surface area contributed by atoms with Gasteiger partial charge < -0.3 is 13.7 Å². The SMILES string of the molecule is c1ccc(N(c2ccccc2)c2ccc3c(c2)oc2ccc4oc5ccccc5c4c23)cc1. The largest absolute Gasteiger partial charge is 0.456 e. The average molecular weight is 425 g/mol. The highest BCUT2D eigenvalue weighted by atomic mass is 16.3. The number of furan rings is 2. The van der Waals surface area contributed by atoms with Crippen LogP contribution in [0.1, 0.15) is 0 Å². The Balaban J connectivity index is 1.49. The Hall–Kier alpha value is -4.50. The summed E-state index contributed by atoms with van der Waals surface area (Å²) in [6, 6.07) is 39.4. The summed E-state index contributed by atoms with van der Waals surface area (Å²) in [5.74, 6) is 0. The molecule has 3 nitrogen and oxygen atoms in total. The van der Waals surface area contributed by atoms with Crippen molar-refractivity contribution in [1.29, 1.82) is 0 Å². The molecule has 7 rings (SSSR count). The molecule has 7 aromatic rings. The second-order valence-electron chi connectivity index (χ2n) is 8.20. The van der Waals surface area contributed by atoms with E-state index in [1.54, 1.807) is 0 Å². The van der Waals surface area contributed by atoms with E-state index in [2.05, 4.69) is 77.7 Å². The maximum Gasteiger partial charge on any atom is 0.137 e. The molecule has 0 aliphatic rings. The van der Waals surface area contributed by atoms with Crippen LogP contribution in [0.5, 0.6) is 0 Å². The average Bonchev–Trinajstić information content (AvgIpc) is 3.43. The fraction of sp³-hybridized carbons (Fsp3) is 0. The van der Waals surface area contributed by atoms with E-state index in [1.807, 2.05) is 42.5 Å². The third-order valence-electron chi connectivity index (χ3n) is 6.25. The molecule has 156 valence electrons. The standard InChI is InChI=1S/C30H19NO2/c1-3-9-20(10-4-1)31(21-11-5-2-6-12-21)22-15-16-24-28(19-22)33-27-18-17-26-29(30(24)27)23-13-7-8-14-25(23)32-26/h1-19H. The van der Waals surface area contributed by atoms with Crippen molar-refractivity contribution in [3.63, 3.8) is 0 Å². The van der Waals surface area contributed by atoms with Crippen LogP contribution < -0.4 is 4.90 Å². The van der Waals surface area contributed by atoms with Gasteiger partial charge in [-0.3, -0.25) is 0 Å². The number of fused-ring (bicyclic) bond motifs is 7. The van der Waals surface area contributed by atoms with Crippen molar-refractivity contribution in [2.75, 3.05) is 4.90 Å². The molecule has 0 saturated carbocycles. The number of nitrogens with zero attached hydrogens (tertiary/aromatic N) is 1. The quantitative estimate of drug-likeness (QED) is 0.283. The summed E-state index contributed by atoms with van der Waals surface area (Å²) in [4.78, 5) is 2.25. The van der Waals surface area contributed by atoms with Gasteiger partial charge in [0, 0.05) is 44.7 Å². The number of rotatable bonds is 3. The number of benzene rings is 5. The number of para-hydroxylation sites is 3. The van der Waals surface area contributed by atoms with Gasteiger partial charge in [0.2, 0.25) is 0 Å². The fourth-order valence-electron chi connectivity index (χ4n) is 4.81. The number of hydrogen-bond donors (Lipinski definition) is 0. The molecule has 5 aromatic carbocycles. The first-order chi connectivity index (χ1) is 16.4. The van der Waals surface area contributed by atoms with Crippen molar-refractivity contribution in [2.24, 2.45) is 0 Å². The molecule has 0 unspecified atom stereocenters. The molecule has 0 amide bonds. The van der Waals surface area contributed by atoms with E-state index in [4.69, 9.17) is 8.83 Å². The van der Waals surface area contributed by atoms with Gasteiger partial charge in [-0.25, -0.2) is 0 Å². The summed E-state index contributed by atoms with van der Waals surface area (Å²) in [6.07, 6.45) is 0. The summed E-state index contributed by atoms with van der Waals surface area (Å²) in [6.45, 7) is 0. The van der Waals surface area contributed by atoms with E-state index in [1.165, 1.54) is 0 Å². The van der Waals surface area contributed by atoms with Crippen LogP contribution in [0.15, 0.2) is 124 Å². The lowest BCUT2D eigenvalue weighted by Gasteiger charge is -2.25. The minimum Gasteiger partial charge on any atom is -0.456 e. The molecule has 0 saturated heterocycles. The summed E-state index contributed by atoms with van der Waals surface area (Å²) >= 11 is 0. The Labute approximate surface area is 190 Å². The first kappa shape index (κ1) is 18.1. The molecule has 2 aromatic heterocycles. The van der Waals surface area contributed by atoms with Crippen molar-refractivity contribution in [3.05, 3.63) is 115 Å². The molecule has 0 aliphatic carbocycles. The molecule has 3 heteroatoms. The molecule has 0 spiro atoms. The predicted octanol–water partition coefficient (Wildman–Crippen LogP) is 8.96. The molecule has 2 heterocycles. The maximum atomic E-state index is 6.37. The van der Waals surface area contributed by atoms with Gasteiger partial charge in [0.1, 0.15) is 22.3 Å². The van der Waals surface area contributed by atoms with Crippen LogP contribution in [-0.4, -0.2) is 0 Å². The third kappa shape index (κ3) is 2.76. The van der Waals surface area contributed by atoms with E-state index in [0.29, 0.717) is 0 Å². The molecule has 0 fully saturated rings. The monoisotopic (exact) mass is 425 g/mol. The van der Waals surface area contributed by atoms with Gasteiger partial charge in [-0.15, -0.1) is 0 Å².